The van der Waals surface area contributed by atoms with Crippen LogP contribution in [0.1, 0.15) is 12.5 Å². The van der Waals surface area contributed by atoms with Crippen LogP contribution < -0.4 is 11.4 Å². The lowest BCUT2D eigenvalue weighted by Crippen LogP contribution is -2.44. The highest BCUT2D eigenvalue weighted by Crippen LogP contribution is 2.22. The summed E-state index contributed by atoms with van der Waals surface area (Å²) in [5, 5.41) is 6.11. The number of aromatic amines is 1. The molecule has 0 aliphatic carbocycles. The van der Waals surface area contributed by atoms with Crippen LogP contribution in [0.25, 0.3) is 0 Å². The molecule has 1 aromatic carbocycles. The lowest BCUT2D eigenvalue weighted by molar-refractivity contribution is 0.392. The van der Waals surface area contributed by atoms with Gasteiger partial charge in [0.15, 0.2) is 0 Å². The van der Waals surface area contributed by atoms with Crippen molar-refractivity contribution in [1.82, 2.24) is 14.8 Å². The lowest BCUT2D eigenvalue weighted by atomic mass is 9.92. The molecular weight excluding hydrogens is 204 g/mol. The summed E-state index contributed by atoms with van der Waals surface area (Å²) in [6.45, 7) is 2.25. The molecular formula is C11H14N4O. The summed E-state index contributed by atoms with van der Waals surface area (Å²) in [6, 6.07) is 9.68. The van der Waals surface area contributed by atoms with Gasteiger partial charge in [-0.2, -0.15) is 5.10 Å². The van der Waals surface area contributed by atoms with Crippen molar-refractivity contribution in [1.29, 1.82) is 0 Å². The Morgan fingerprint density at radius 2 is 2.12 bits per heavy atom. The number of nitrogens with zero attached hydrogens (tertiary/aromatic N) is 2. The molecule has 1 aromatic heterocycles. The number of hydrogen-bond donors (Lipinski definition) is 2. The van der Waals surface area contributed by atoms with Gasteiger partial charge in [-0.05, 0) is 12.5 Å². The van der Waals surface area contributed by atoms with Crippen molar-refractivity contribution in [3.05, 3.63) is 52.7 Å². The summed E-state index contributed by atoms with van der Waals surface area (Å²) in [5.74, 6) is 0. The highest BCUT2D eigenvalue weighted by atomic mass is 16.1. The zero-order chi connectivity index (χ0) is 11.6. The van der Waals surface area contributed by atoms with E-state index in [-0.39, 0.29) is 5.69 Å². The van der Waals surface area contributed by atoms with Gasteiger partial charge in [0.25, 0.3) is 0 Å². The topological polar surface area (TPSA) is 76.7 Å². The maximum atomic E-state index is 11.6. The average Bonchev–Trinajstić information content (AvgIpc) is 2.76. The first kappa shape index (κ1) is 10.6. The van der Waals surface area contributed by atoms with E-state index in [2.05, 4.69) is 10.2 Å². The molecule has 16 heavy (non-hydrogen) atoms. The second-order valence-corrected chi connectivity index (χ2v) is 3.88. The van der Waals surface area contributed by atoms with Crippen molar-refractivity contribution in [2.75, 3.05) is 6.54 Å². The second kappa shape index (κ2) is 3.94. The van der Waals surface area contributed by atoms with E-state index in [0.717, 1.165) is 5.56 Å². The Balaban J connectivity index is 2.57. The molecule has 0 radical (unpaired) electrons. The van der Waals surface area contributed by atoms with E-state index in [1.165, 1.54) is 10.9 Å². The summed E-state index contributed by atoms with van der Waals surface area (Å²) < 4.78 is 1.52. The van der Waals surface area contributed by atoms with Crippen molar-refractivity contribution >= 4 is 0 Å². The fourth-order valence-corrected chi connectivity index (χ4v) is 1.75. The van der Waals surface area contributed by atoms with E-state index in [9.17, 15) is 4.79 Å². The lowest BCUT2D eigenvalue weighted by Gasteiger charge is -2.28. The van der Waals surface area contributed by atoms with E-state index < -0.39 is 5.54 Å². The molecule has 84 valence electrons. The zero-order valence-corrected chi connectivity index (χ0v) is 9.05. The van der Waals surface area contributed by atoms with Crippen LogP contribution in [-0.4, -0.2) is 21.3 Å². The van der Waals surface area contributed by atoms with Crippen molar-refractivity contribution in [3.8, 4) is 0 Å². The van der Waals surface area contributed by atoms with E-state index in [1.54, 1.807) is 0 Å². The predicted octanol–water partition coefficient (Wildman–Crippen LogP) is 0.294. The van der Waals surface area contributed by atoms with Crippen LogP contribution in [0.4, 0.5) is 0 Å². The molecule has 0 aliphatic heterocycles. The number of rotatable bonds is 3. The van der Waals surface area contributed by atoms with Crippen molar-refractivity contribution in [2.45, 2.75) is 12.5 Å². The zero-order valence-electron chi connectivity index (χ0n) is 9.05. The fraction of sp³-hybridized carbons (Fsp3) is 0.273. The minimum Gasteiger partial charge on any atom is -0.328 e. The monoisotopic (exact) mass is 218 g/mol. The van der Waals surface area contributed by atoms with Gasteiger partial charge >= 0.3 is 5.69 Å². The summed E-state index contributed by atoms with van der Waals surface area (Å²) in [5.41, 5.74) is 5.97. The molecule has 0 fully saturated rings. The number of nitrogens with two attached hydrogens (primary N) is 1. The van der Waals surface area contributed by atoms with Gasteiger partial charge in [0.1, 0.15) is 6.33 Å². The number of H-pyrrole nitrogens is 1. The highest BCUT2D eigenvalue weighted by Gasteiger charge is 2.28. The molecule has 0 saturated heterocycles. The average molecular weight is 218 g/mol. The molecule has 0 amide bonds. The molecule has 2 rings (SSSR count). The molecule has 0 saturated carbocycles. The first-order chi connectivity index (χ1) is 7.68. The van der Waals surface area contributed by atoms with Crippen LogP contribution in [0.15, 0.2) is 41.5 Å². The van der Waals surface area contributed by atoms with Gasteiger partial charge in [-0.1, -0.05) is 30.3 Å². The van der Waals surface area contributed by atoms with Gasteiger partial charge in [0.2, 0.25) is 0 Å². The Hall–Kier alpha value is -1.88. The molecule has 3 N–H and O–H groups in total. The predicted molar refractivity (Wildman–Crippen MR) is 61.1 cm³/mol. The van der Waals surface area contributed by atoms with Crippen molar-refractivity contribution in [2.24, 2.45) is 5.73 Å². The van der Waals surface area contributed by atoms with E-state index in [0.29, 0.717) is 6.54 Å². The largest absolute Gasteiger partial charge is 0.343 e. The highest BCUT2D eigenvalue weighted by molar-refractivity contribution is 5.25. The number of nitrogens with one attached hydrogen (secondary N) is 1. The molecule has 1 heterocycles. The third-order valence-electron chi connectivity index (χ3n) is 2.88. The van der Waals surface area contributed by atoms with Crippen LogP contribution in [-0.2, 0) is 5.54 Å². The van der Waals surface area contributed by atoms with E-state index >= 15 is 0 Å². The number of benzene rings is 1. The summed E-state index contributed by atoms with van der Waals surface area (Å²) in [6.07, 6.45) is 1.47. The first-order valence-corrected chi connectivity index (χ1v) is 5.06. The Morgan fingerprint density at radius 1 is 1.44 bits per heavy atom. The van der Waals surface area contributed by atoms with E-state index in [4.69, 9.17) is 5.73 Å². The van der Waals surface area contributed by atoms with Crippen molar-refractivity contribution < 1.29 is 0 Å². The van der Waals surface area contributed by atoms with Crippen LogP contribution >= 0.6 is 0 Å². The van der Waals surface area contributed by atoms with Crippen LogP contribution in [0.3, 0.4) is 0 Å². The molecule has 5 heteroatoms. The maximum Gasteiger partial charge on any atom is 0.343 e. The smallest absolute Gasteiger partial charge is 0.328 e. The van der Waals surface area contributed by atoms with Gasteiger partial charge in [-0.15, -0.1) is 0 Å². The Morgan fingerprint density at radius 3 is 2.62 bits per heavy atom. The van der Waals surface area contributed by atoms with Gasteiger partial charge in [-0.25, -0.2) is 9.89 Å². The second-order valence-electron chi connectivity index (χ2n) is 3.88. The quantitative estimate of drug-likeness (QED) is 0.777. The molecule has 0 bridgehead atoms. The van der Waals surface area contributed by atoms with Gasteiger partial charge in [-0.3, -0.25) is 4.57 Å². The normalized spacial score (nSPS) is 14.6. The Kier molecular flexibility index (Phi) is 2.62. The van der Waals surface area contributed by atoms with Gasteiger partial charge < -0.3 is 5.73 Å². The Labute approximate surface area is 92.9 Å². The molecule has 1 unspecified atom stereocenters. The van der Waals surface area contributed by atoms with Gasteiger partial charge in [0.05, 0.1) is 5.54 Å². The van der Waals surface area contributed by atoms with Crippen LogP contribution in [0.2, 0.25) is 0 Å². The third kappa shape index (κ3) is 1.55. The fourth-order valence-electron chi connectivity index (χ4n) is 1.75. The Bertz CT molecular complexity index is 516. The first-order valence-electron chi connectivity index (χ1n) is 5.06. The molecule has 2 aromatic rings. The van der Waals surface area contributed by atoms with E-state index in [1.807, 2.05) is 37.3 Å². The van der Waals surface area contributed by atoms with Crippen molar-refractivity contribution in [3.63, 3.8) is 0 Å². The minimum atomic E-state index is -0.564. The van der Waals surface area contributed by atoms with Crippen LogP contribution in [0, 0.1) is 0 Å². The molecule has 1 atom stereocenters. The standard InChI is InChI=1S/C11H14N4O/c1-11(7-12,9-5-3-2-4-6-9)15-8-13-14-10(15)16/h2-6,8H,7,12H2,1H3,(H,14,16). The molecule has 0 spiro atoms. The molecule has 0 aliphatic rings. The maximum absolute atomic E-state index is 11.6. The third-order valence-corrected chi connectivity index (χ3v) is 2.88. The molecule has 5 nitrogen and oxygen atoms in total. The summed E-state index contributed by atoms with van der Waals surface area (Å²) >= 11 is 0. The number of aromatic nitrogens is 3. The van der Waals surface area contributed by atoms with Crippen LogP contribution in [0.5, 0.6) is 0 Å². The SMILES string of the molecule is CC(CN)(c1ccccc1)n1cn[nH]c1=O. The summed E-state index contributed by atoms with van der Waals surface area (Å²) in [4.78, 5) is 11.6. The summed E-state index contributed by atoms with van der Waals surface area (Å²) in [7, 11) is 0. The minimum absolute atomic E-state index is 0.253. The van der Waals surface area contributed by atoms with Gasteiger partial charge in [0, 0.05) is 6.54 Å². The number of hydrogen-bond acceptors (Lipinski definition) is 3.